The van der Waals surface area contributed by atoms with Gasteiger partial charge in [-0.05, 0) is 29.8 Å². The maximum atomic E-state index is 11.8. The standard InChI is InChI=1S/C17H11NO3S3/c19-15-14(24-17(22)18-15)9-10-5-1-3-7-12(10)23-13-8-4-2-6-11(13)16(20)21/h1-9H,(H,20,21)(H,18,19,22). The van der Waals surface area contributed by atoms with Crippen LogP contribution in [0, 0.1) is 0 Å². The summed E-state index contributed by atoms with van der Waals surface area (Å²) in [5.74, 6) is -1.18. The number of nitrogens with one attached hydrogen (secondary N) is 1. The molecule has 0 spiro atoms. The topological polar surface area (TPSA) is 66.4 Å². The van der Waals surface area contributed by atoms with Crippen LogP contribution in [0.3, 0.4) is 0 Å². The Hall–Kier alpha value is -2.09. The molecule has 7 heteroatoms. The van der Waals surface area contributed by atoms with Gasteiger partial charge >= 0.3 is 5.97 Å². The first-order valence-electron chi connectivity index (χ1n) is 6.88. The van der Waals surface area contributed by atoms with E-state index in [4.69, 9.17) is 12.2 Å². The van der Waals surface area contributed by atoms with Gasteiger partial charge in [0, 0.05) is 9.79 Å². The fourth-order valence-corrected chi connectivity index (χ4v) is 4.18. The number of hydrogen-bond acceptors (Lipinski definition) is 5. The first-order valence-corrected chi connectivity index (χ1v) is 8.93. The Morgan fingerprint density at radius 1 is 1.12 bits per heavy atom. The van der Waals surface area contributed by atoms with Gasteiger partial charge in [-0.3, -0.25) is 4.79 Å². The SMILES string of the molecule is O=C1NC(=S)SC1=Cc1ccccc1Sc1ccccc1C(=O)O. The molecule has 1 fully saturated rings. The summed E-state index contributed by atoms with van der Waals surface area (Å²) in [5.41, 5.74) is 1.09. The predicted octanol–water partition coefficient (Wildman–Crippen LogP) is 4.02. The lowest BCUT2D eigenvalue weighted by molar-refractivity contribution is -0.115. The second kappa shape index (κ2) is 7.21. The smallest absolute Gasteiger partial charge is 0.336 e. The van der Waals surface area contributed by atoms with Gasteiger partial charge in [0.25, 0.3) is 5.91 Å². The molecule has 1 aliphatic heterocycles. The second-order valence-electron chi connectivity index (χ2n) is 4.79. The van der Waals surface area contributed by atoms with Crippen LogP contribution in [-0.2, 0) is 4.79 Å². The third-order valence-corrected chi connectivity index (χ3v) is 5.52. The third kappa shape index (κ3) is 3.69. The quantitative estimate of drug-likeness (QED) is 0.623. The average Bonchev–Trinajstić information content (AvgIpc) is 2.87. The zero-order chi connectivity index (χ0) is 17.1. The van der Waals surface area contributed by atoms with Crippen LogP contribution in [-0.4, -0.2) is 21.3 Å². The molecule has 1 amide bonds. The van der Waals surface area contributed by atoms with Crippen LogP contribution < -0.4 is 5.32 Å². The molecule has 4 nitrogen and oxygen atoms in total. The number of thioether (sulfide) groups is 1. The molecule has 2 N–H and O–H groups in total. The average molecular weight is 373 g/mol. The molecule has 0 saturated carbocycles. The van der Waals surface area contributed by atoms with Gasteiger partial charge < -0.3 is 10.4 Å². The molecule has 1 aliphatic rings. The zero-order valence-corrected chi connectivity index (χ0v) is 14.6. The number of carboxylic acids is 1. The number of benzene rings is 2. The second-order valence-corrected chi connectivity index (χ2v) is 7.60. The molecular formula is C17H11NO3S3. The summed E-state index contributed by atoms with van der Waals surface area (Å²) < 4.78 is 0.438. The highest BCUT2D eigenvalue weighted by Gasteiger charge is 2.22. The summed E-state index contributed by atoms with van der Waals surface area (Å²) in [4.78, 5) is 25.2. The van der Waals surface area contributed by atoms with Gasteiger partial charge in [0.05, 0.1) is 10.5 Å². The summed E-state index contributed by atoms with van der Waals surface area (Å²) in [6.07, 6.45) is 1.77. The molecular weight excluding hydrogens is 362 g/mol. The van der Waals surface area contributed by atoms with Crippen LogP contribution in [0.15, 0.2) is 63.2 Å². The van der Waals surface area contributed by atoms with Crippen molar-refractivity contribution in [2.45, 2.75) is 9.79 Å². The Morgan fingerprint density at radius 2 is 1.79 bits per heavy atom. The van der Waals surface area contributed by atoms with Crippen molar-refractivity contribution in [2.24, 2.45) is 0 Å². The fourth-order valence-electron chi connectivity index (χ4n) is 2.11. The van der Waals surface area contributed by atoms with Crippen LogP contribution in [0.5, 0.6) is 0 Å². The number of carboxylic acid groups (broad SMARTS) is 1. The van der Waals surface area contributed by atoms with Crippen molar-refractivity contribution >= 4 is 58.0 Å². The van der Waals surface area contributed by atoms with Crippen molar-refractivity contribution in [1.29, 1.82) is 0 Å². The van der Waals surface area contributed by atoms with E-state index in [9.17, 15) is 14.7 Å². The van der Waals surface area contributed by atoms with E-state index < -0.39 is 5.97 Å². The lowest BCUT2D eigenvalue weighted by atomic mass is 10.2. The Labute approximate surface area is 152 Å². The van der Waals surface area contributed by atoms with E-state index >= 15 is 0 Å². The molecule has 3 rings (SSSR count). The maximum Gasteiger partial charge on any atom is 0.336 e. The van der Waals surface area contributed by atoms with E-state index in [-0.39, 0.29) is 11.5 Å². The van der Waals surface area contributed by atoms with Crippen LogP contribution in [0.2, 0.25) is 0 Å². The summed E-state index contributed by atoms with van der Waals surface area (Å²) in [7, 11) is 0. The summed E-state index contributed by atoms with van der Waals surface area (Å²) in [6.45, 7) is 0. The number of rotatable bonds is 4. The molecule has 0 bridgehead atoms. The van der Waals surface area contributed by atoms with Crippen LogP contribution in [0.4, 0.5) is 0 Å². The van der Waals surface area contributed by atoms with Crippen molar-refractivity contribution < 1.29 is 14.7 Å². The van der Waals surface area contributed by atoms with Crippen LogP contribution in [0.1, 0.15) is 15.9 Å². The highest BCUT2D eigenvalue weighted by molar-refractivity contribution is 8.26. The Morgan fingerprint density at radius 3 is 2.46 bits per heavy atom. The number of aromatic carboxylic acids is 1. The minimum Gasteiger partial charge on any atom is -0.478 e. The Kier molecular flexibility index (Phi) is 5.03. The predicted molar refractivity (Wildman–Crippen MR) is 100 cm³/mol. The van der Waals surface area contributed by atoms with Gasteiger partial charge in [-0.15, -0.1) is 0 Å². The third-order valence-electron chi connectivity index (χ3n) is 3.19. The fraction of sp³-hybridized carbons (Fsp3) is 0. The van der Waals surface area contributed by atoms with E-state index in [0.717, 1.165) is 10.5 Å². The number of carbonyl (C=O) groups is 2. The van der Waals surface area contributed by atoms with Crippen molar-refractivity contribution in [3.8, 4) is 0 Å². The lowest BCUT2D eigenvalue weighted by Gasteiger charge is -2.08. The van der Waals surface area contributed by atoms with Crippen molar-refractivity contribution in [2.75, 3.05) is 0 Å². The number of hydrogen-bond donors (Lipinski definition) is 2. The van der Waals surface area contributed by atoms with Crippen molar-refractivity contribution in [3.63, 3.8) is 0 Å². The minimum atomic E-state index is -0.968. The monoisotopic (exact) mass is 373 g/mol. The molecule has 120 valence electrons. The van der Waals surface area contributed by atoms with Gasteiger partial charge in [-0.25, -0.2) is 4.79 Å². The molecule has 0 unspecified atom stereocenters. The first-order chi connectivity index (χ1) is 11.5. The molecule has 0 atom stereocenters. The van der Waals surface area contributed by atoms with E-state index in [2.05, 4.69) is 5.32 Å². The van der Waals surface area contributed by atoms with E-state index in [1.807, 2.05) is 24.3 Å². The Bertz CT molecular complexity index is 877. The van der Waals surface area contributed by atoms with Gasteiger partial charge in [0.1, 0.15) is 4.32 Å². The lowest BCUT2D eigenvalue weighted by Crippen LogP contribution is -2.17. The van der Waals surface area contributed by atoms with Gasteiger partial charge in [0.15, 0.2) is 0 Å². The molecule has 0 aromatic heterocycles. The number of thiocarbonyl (C=S) groups is 1. The zero-order valence-electron chi connectivity index (χ0n) is 12.2. The highest BCUT2D eigenvalue weighted by Crippen LogP contribution is 2.35. The molecule has 24 heavy (non-hydrogen) atoms. The molecule has 0 radical (unpaired) electrons. The molecule has 2 aromatic carbocycles. The Balaban J connectivity index is 1.97. The van der Waals surface area contributed by atoms with Gasteiger partial charge in [-0.1, -0.05) is 66.1 Å². The highest BCUT2D eigenvalue weighted by atomic mass is 32.2. The minimum absolute atomic E-state index is 0.212. The molecule has 0 aliphatic carbocycles. The normalized spacial score (nSPS) is 15.6. The summed E-state index contributed by atoms with van der Waals surface area (Å²) in [6, 6.07) is 14.4. The van der Waals surface area contributed by atoms with E-state index in [1.54, 1.807) is 30.3 Å². The van der Waals surface area contributed by atoms with Gasteiger partial charge in [0.2, 0.25) is 0 Å². The summed E-state index contributed by atoms with van der Waals surface area (Å²) >= 11 is 7.57. The number of amides is 1. The van der Waals surface area contributed by atoms with E-state index in [0.29, 0.717) is 14.1 Å². The molecule has 1 saturated heterocycles. The molecule has 2 aromatic rings. The van der Waals surface area contributed by atoms with Crippen LogP contribution in [0.25, 0.3) is 6.08 Å². The van der Waals surface area contributed by atoms with Crippen molar-refractivity contribution in [1.82, 2.24) is 5.32 Å². The molecule has 1 heterocycles. The summed E-state index contributed by atoms with van der Waals surface area (Å²) in [5, 5.41) is 11.9. The van der Waals surface area contributed by atoms with Gasteiger partial charge in [-0.2, -0.15) is 0 Å². The van der Waals surface area contributed by atoms with Crippen molar-refractivity contribution in [3.05, 3.63) is 64.6 Å². The number of carbonyl (C=O) groups excluding carboxylic acids is 1. The van der Waals surface area contributed by atoms with Crippen LogP contribution >= 0.6 is 35.7 Å². The maximum absolute atomic E-state index is 11.8. The largest absolute Gasteiger partial charge is 0.478 e. The van der Waals surface area contributed by atoms with E-state index in [1.165, 1.54) is 23.5 Å². The first kappa shape index (κ1) is 16.8.